The van der Waals surface area contributed by atoms with E-state index in [0.29, 0.717) is 19.8 Å². The van der Waals surface area contributed by atoms with Gasteiger partial charge in [-0.25, -0.2) is 0 Å². The SMILES string of the molecule is CN(CCOCC[As]c1c([N+](=O)[O-])cnc2ccccc12)C(=O)OC(C)(C)C. The van der Waals surface area contributed by atoms with Crippen molar-refractivity contribution in [1.82, 2.24) is 9.88 Å². The first-order valence-electron chi connectivity index (χ1n) is 8.90. The molecule has 0 aliphatic heterocycles. The normalized spacial score (nSPS) is 11.9. The Bertz CT molecular complexity index is 838. The third-order valence-corrected chi connectivity index (χ3v) is 6.21. The number of hydrogen-bond donors (Lipinski definition) is 0. The van der Waals surface area contributed by atoms with Crippen LogP contribution in [0.25, 0.3) is 10.9 Å². The van der Waals surface area contributed by atoms with E-state index in [-0.39, 0.29) is 16.7 Å². The van der Waals surface area contributed by atoms with E-state index in [1.807, 2.05) is 45.0 Å². The number of fused-ring (bicyclic) bond motifs is 1. The average Bonchev–Trinajstić information content (AvgIpc) is 2.62. The second kappa shape index (κ2) is 9.84. The first-order valence-corrected chi connectivity index (χ1v) is 11.2. The van der Waals surface area contributed by atoms with Crippen molar-refractivity contribution in [1.29, 1.82) is 0 Å². The molecule has 0 fully saturated rings. The molecule has 0 N–H and O–H groups in total. The van der Waals surface area contributed by atoms with Gasteiger partial charge < -0.3 is 0 Å². The summed E-state index contributed by atoms with van der Waals surface area (Å²) in [5.74, 6) is 0. The molecular weight excluding hydrogens is 425 g/mol. The van der Waals surface area contributed by atoms with E-state index in [2.05, 4.69) is 4.98 Å². The van der Waals surface area contributed by atoms with E-state index in [1.165, 1.54) is 11.1 Å². The Balaban J connectivity index is 1.83. The maximum absolute atomic E-state index is 11.9. The summed E-state index contributed by atoms with van der Waals surface area (Å²) in [6.07, 6.45) is 0.950. The number of nitro groups is 1. The fourth-order valence-electron chi connectivity index (χ4n) is 2.37. The molecule has 0 aliphatic carbocycles. The van der Waals surface area contributed by atoms with E-state index in [0.717, 1.165) is 20.5 Å². The molecule has 2 aromatic rings. The van der Waals surface area contributed by atoms with Crippen LogP contribution in [0.2, 0.25) is 5.21 Å². The Morgan fingerprint density at radius 2 is 2.00 bits per heavy atom. The minimum atomic E-state index is -0.530. The van der Waals surface area contributed by atoms with Crippen LogP contribution in [0.15, 0.2) is 30.5 Å². The Labute approximate surface area is 171 Å². The molecule has 151 valence electrons. The predicted molar refractivity (Wildman–Crippen MR) is 108 cm³/mol. The topological polar surface area (TPSA) is 94.8 Å². The molecule has 1 radical (unpaired) electrons. The fourth-order valence-corrected chi connectivity index (χ4v) is 4.69. The molecule has 1 amide bonds. The first-order chi connectivity index (χ1) is 13.2. The summed E-state index contributed by atoms with van der Waals surface area (Å²) < 4.78 is 11.7. The van der Waals surface area contributed by atoms with E-state index < -0.39 is 21.4 Å². The zero-order valence-electron chi connectivity index (χ0n) is 16.5. The van der Waals surface area contributed by atoms with Crippen LogP contribution in [-0.2, 0) is 9.47 Å². The van der Waals surface area contributed by atoms with Crippen molar-refractivity contribution >= 4 is 42.8 Å². The second-order valence-electron chi connectivity index (χ2n) is 7.16. The van der Waals surface area contributed by atoms with Crippen molar-refractivity contribution in [3.8, 4) is 0 Å². The summed E-state index contributed by atoms with van der Waals surface area (Å²) in [6, 6.07) is 7.46. The number of ether oxygens (including phenoxy) is 2. The van der Waals surface area contributed by atoms with E-state index in [1.54, 1.807) is 7.05 Å². The number of carbonyl (C=O) groups excluding carboxylic acids is 1. The monoisotopic (exact) mass is 450 g/mol. The molecule has 1 aromatic heterocycles. The third-order valence-electron chi connectivity index (χ3n) is 3.71. The van der Waals surface area contributed by atoms with Crippen LogP contribution >= 0.6 is 0 Å². The molecule has 0 saturated carbocycles. The van der Waals surface area contributed by atoms with Gasteiger partial charge in [-0.15, -0.1) is 0 Å². The molecule has 0 unspecified atom stereocenters. The molecule has 0 atom stereocenters. The number of aromatic nitrogens is 1. The molecule has 0 aliphatic rings. The van der Waals surface area contributed by atoms with Gasteiger partial charge >= 0.3 is 171 Å². The van der Waals surface area contributed by atoms with Crippen molar-refractivity contribution in [2.45, 2.75) is 31.6 Å². The summed E-state index contributed by atoms with van der Waals surface area (Å²) in [7, 11) is 1.66. The van der Waals surface area contributed by atoms with Gasteiger partial charge in [-0.1, -0.05) is 0 Å². The minimum absolute atomic E-state index is 0.0726. The fraction of sp³-hybridized carbons (Fsp3) is 0.474. The van der Waals surface area contributed by atoms with Gasteiger partial charge in [0, 0.05) is 0 Å². The van der Waals surface area contributed by atoms with Crippen molar-refractivity contribution in [3.05, 3.63) is 40.6 Å². The molecule has 8 nitrogen and oxygen atoms in total. The van der Waals surface area contributed by atoms with Crippen molar-refractivity contribution in [2.75, 3.05) is 26.8 Å². The number of benzene rings is 1. The molecule has 0 saturated heterocycles. The quantitative estimate of drug-likeness (QED) is 0.266. The molecule has 0 bridgehead atoms. The molecule has 1 heterocycles. The second-order valence-corrected chi connectivity index (χ2v) is 9.70. The van der Waals surface area contributed by atoms with Crippen LogP contribution in [0.5, 0.6) is 0 Å². The van der Waals surface area contributed by atoms with Crippen LogP contribution in [0.4, 0.5) is 10.5 Å². The van der Waals surface area contributed by atoms with Crippen LogP contribution < -0.4 is 4.35 Å². The van der Waals surface area contributed by atoms with E-state index in [9.17, 15) is 14.9 Å². The van der Waals surface area contributed by atoms with Crippen molar-refractivity contribution in [2.24, 2.45) is 0 Å². The first kappa shape index (κ1) is 22.1. The van der Waals surface area contributed by atoms with Gasteiger partial charge in [-0.3, -0.25) is 0 Å². The van der Waals surface area contributed by atoms with Gasteiger partial charge in [0.05, 0.1) is 0 Å². The van der Waals surface area contributed by atoms with Gasteiger partial charge in [0.2, 0.25) is 0 Å². The third kappa shape index (κ3) is 6.46. The summed E-state index contributed by atoms with van der Waals surface area (Å²) in [6.45, 7) is 6.75. The van der Waals surface area contributed by atoms with E-state index in [4.69, 9.17) is 9.47 Å². The van der Waals surface area contributed by atoms with Gasteiger partial charge in [0.15, 0.2) is 0 Å². The Morgan fingerprint density at radius 3 is 2.68 bits per heavy atom. The number of carbonyl (C=O) groups is 1. The zero-order chi connectivity index (χ0) is 20.7. The van der Waals surface area contributed by atoms with Gasteiger partial charge in [-0.2, -0.15) is 0 Å². The molecule has 2 rings (SSSR count). The van der Waals surface area contributed by atoms with Crippen molar-refractivity contribution in [3.63, 3.8) is 0 Å². The summed E-state index contributed by atoms with van der Waals surface area (Å²) in [4.78, 5) is 28.5. The molecule has 1 aromatic carbocycles. The Morgan fingerprint density at radius 1 is 1.29 bits per heavy atom. The summed E-state index contributed by atoms with van der Waals surface area (Å²) in [5, 5.41) is 12.9. The Hall–Kier alpha value is -2.18. The number of hydrogen-bond acceptors (Lipinski definition) is 6. The molecule has 9 heteroatoms. The van der Waals surface area contributed by atoms with Gasteiger partial charge in [0.25, 0.3) is 0 Å². The van der Waals surface area contributed by atoms with Gasteiger partial charge in [-0.05, 0) is 0 Å². The molecule has 0 spiro atoms. The Kier molecular flexibility index (Phi) is 7.77. The molecular formula is C19H25AsN3O5. The average molecular weight is 450 g/mol. The predicted octanol–water partition coefficient (Wildman–Crippen LogP) is 2.77. The summed E-state index contributed by atoms with van der Waals surface area (Å²) in [5.41, 5.74) is 0.305. The molecule has 28 heavy (non-hydrogen) atoms. The summed E-state index contributed by atoms with van der Waals surface area (Å²) >= 11 is -0.442. The van der Waals surface area contributed by atoms with Crippen LogP contribution in [0, 0.1) is 10.1 Å². The van der Waals surface area contributed by atoms with E-state index >= 15 is 0 Å². The van der Waals surface area contributed by atoms with Crippen molar-refractivity contribution < 1.29 is 19.2 Å². The van der Waals surface area contributed by atoms with Crippen LogP contribution in [-0.4, -0.2) is 69.1 Å². The number of rotatable bonds is 8. The zero-order valence-corrected chi connectivity index (χ0v) is 18.4. The number of para-hydroxylation sites is 1. The number of likely N-dealkylation sites (N-methyl/N-ethyl adjacent to an activating group) is 1. The number of nitrogens with zero attached hydrogens (tertiary/aromatic N) is 3. The van der Waals surface area contributed by atoms with Gasteiger partial charge in [0.1, 0.15) is 0 Å². The number of pyridine rings is 1. The maximum atomic E-state index is 11.9. The van der Waals surface area contributed by atoms with Crippen LogP contribution in [0.3, 0.4) is 0 Å². The standard InChI is InChI=1S/C19H25AsN3O5/c1-19(2,3)28-18(24)22(4)10-12-27-11-9-20-17-14-7-5-6-8-15(14)21-13-16(17)23(25)26/h5-8,13H,9-12H2,1-4H3. The number of amides is 1. The van der Waals surface area contributed by atoms with Crippen LogP contribution in [0.1, 0.15) is 20.8 Å².